The van der Waals surface area contributed by atoms with Crippen LogP contribution in [0.15, 0.2) is 151 Å². The first-order chi connectivity index (χ1) is 51.7. The van der Waals surface area contributed by atoms with Gasteiger partial charge in [-0.1, -0.05) is 105 Å². The molecule has 108 heavy (non-hydrogen) atoms. The van der Waals surface area contributed by atoms with E-state index in [1.54, 1.807) is 64.1 Å². The standard InChI is InChI=1S/2C20H18N4O.C13H14BrN3O.C8H15NO.C7H13NO.C7H5N.C6H5BrN2O2.CH3F/c2*1-20(2)9-8-17-23-16-11-14(6-7-15-5-3-4-10-21-15)12-22-18(16)19(25)24(17)13-20;1-13(2)4-3-10-16-9-5-8(14)6-15-11(9)12(18)17(10)7-13;1-8(2)5-4-7(10-3)9-6-8;1-7(2)4-3-6(9)8-5-7;1-2-7-5-3-4-6-8-7;7-3-1-4(8)5(6(10)11)9-2-3;1-2/h2*3-5,10-12H,8-9,13H2,1-2H3;5-6H,3-4,7H2,1-2H3;4-6H2,1-3H3;3-5H2,1-2H3,(H,8,9);1,3-6H;1-2H,8H2,(H,10,11);1H3/i;;;;;;;1D. The molecule has 0 saturated carbocycles. The number of nitrogen functional groups attached to an aromatic ring is 1. The summed E-state index contributed by atoms with van der Waals surface area (Å²) >= 11 is 6.47. The van der Waals surface area contributed by atoms with E-state index < -0.39 is 13.1 Å². The number of ether oxygens (including phenoxy) is 1. The highest BCUT2D eigenvalue weighted by Gasteiger charge is 2.31. The molecule has 0 aromatic carbocycles. The number of hydrogen-bond acceptors (Lipinski definition) is 18. The summed E-state index contributed by atoms with van der Waals surface area (Å²) < 4.78 is 27.4. The van der Waals surface area contributed by atoms with Crippen molar-refractivity contribution in [2.75, 3.05) is 33.1 Å². The number of fused-ring (bicyclic) bond motifs is 6. The highest BCUT2D eigenvalue weighted by molar-refractivity contribution is 9.10. The number of methoxy groups -OCH3 is 1. The van der Waals surface area contributed by atoms with E-state index in [0.717, 1.165) is 110 Å². The molecule has 10 aromatic rings. The lowest BCUT2D eigenvalue weighted by molar-refractivity contribution is -0.123. The largest absolute Gasteiger partial charge is 0.484 e. The number of pyridine rings is 7. The molecule has 15 rings (SSSR count). The highest BCUT2D eigenvalue weighted by Crippen LogP contribution is 2.33. The number of aromatic carboxylic acids is 1. The molecule has 1 fully saturated rings. The zero-order valence-electron chi connectivity index (χ0n) is 63.8. The number of aromatic nitrogens is 13. The number of amides is 1. The summed E-state index contributed by atoms with van der Waals surface area (Å²) in [4.78, 5) is 106. The van der Waals surface area contributed by atoms with Crippen LogP contribution in [-0.4, -0.2) is 114 Å². The van der Waals surface area contributed by atoms with Crippen molar-refractivity contribution in [1.29, 1.82) is 0 Å². The minimum absolute atomic E-state index is 0.0183. The number of anilines is 1. The van der Waals surface area contributed by atoms with Crippen LogP contribution in [0.3, 0.4) is 0 Å². The molecule has 23 nitrogen and oxygen atoms in total. The molecule has 4 N–H and O–H groups in total. The van der Waals surface area contributed by atoms with Gasteiger partial charge in [-0.3, -0.25) is 42.3 Å². The second-order valence-corrected chi connectivity index (χ2v) is 32.0. The second-order valence-electron chi connectivity index (χ2n) is 30.2. The molecule has 0 unspecified atom stereocenters. The van der Waals surface area contributed by atoms with Gasteiger partial charge < -0.3 is 20.9 Å². The first-order valence-electron chi connectivity index (χ1n) is 35.8. The third kappa shape index (κ3) is 23.9. The molecule has 1 saturated heterocycles. The number of piperidine rings is 1. The predicted molar refractivity (Wildman–Crippen MR) is 427 cm³/mol. The summed E-state index contributed by atoms with van der Waals surface area (Å²) in [5.74, 6) is 17.1. The van der Waals surface area contributed by atoms with Crippen molar-refractivity contribution in [1.82, 2.24) is 68.9 Å². The van der Waals surface area contributed by atoms with Gasteiger partial charge in [-0.2, -0.15) is 0 Å². The summed E-state index contributed by atoms with van der Waals surface area (Å²) in [6.45, 7) is 25.7. The maximum Gasteiger partial charge on any atom is 0.356 e. The zero-order chi connectivity index (χ0) is 79.3. The Hall–Kier alpha value is -10.8. The fourth-order valence-electron chi connectivity index (χ4n) is 11.8. The quantitative estimate of drug-likeness (QED) is 0.129. The Bertz CT molecular complexity index is 5110. The van der Waals surface area contributed by atoms with Gasteiger partial charge in [-0.15, -0.1) is 6.42 Å². The van der Waals surface area contributed by atoms with E-state index in [1.165, 1.54) is 18.7 Å². The number of nitrogens with two attached hydrogens (primary N) is 1. The number of carbonyl (C=O) groups is 2. The number of nitrogens with one attached hydrogen (secondary N) is 1. The van der Waals surface area contributed by atoms with E-state index in [1.807, 2.05) is 66.7 Å². The number of nitrogens with zero attached hydrogens (tertiary/aromatic N) is 14. The Morgan fingerprint density at radius 2 is 0.954 bits per heavy atom. The van der Waals surface area contributed by atoms with Gasteiger partial charge in [-0.05, 0) is 164 Å². The van der Waals surface area contributed by atoms with E-state index >= 15 is 0 Å². The molecule has 15 heterocycles. The van der Waals surface area contributed by atoms with Crippen molar-refractivity contribution < 1.29 is 25.2 Å². The lowest BCUT2D eigenvalue weighted by Crippen LogP contribution is -2.39. The number of halogens is 3. The van der Waals surface area contributed by atoms with Crippen molar-refractivity contribution in [3.8, 4) is 36.0 Å². The minimum Gasteiger partial charge on any atom is -0.484 e. The smallest absolute Gasteiger partial charge is 0.356 e. The average molecular weight is 1590 g/mol. The molecular weight excluding hydrogens is 1500 g/mol. The zero-order valence-corrected chi connectivity index (χ0v) is 66.0. The summed E-state index contributed by atoms with van der Waals surface area (Å²) in [5.41, 5.74) is 13.1. The molecule has 0 aliphatic carbocycles. The number of carboxylic acids is 1. The first-order valence-corrected chi connectivity index (χ1v) is 36.7. The van der Waals surface area contributed by atoms with Crippen molar-refractivity contribution in [3.05, 3.63) is 214 Å². The van der Waals surface area contributed by atoms with Crippen LogP contribution < -0.4 is 27.7 Å². The molecule has 0 bridgehead atoms. The van der Waals surface area contributed by atoms with Crippen molar-refractivity contribution >= 4 is 88.4 Å². The van der Waals surface area contributed by atoms with E-state index in [-0.39, 0.29) is 50.2 Å². The summed E-state index contributed by atoms with van der Waals surface area (Å²) in [6.07, 6.45) is 25.9. The van der Waals surface area contributed by atoms with Crippen LogP contribution in [0.5, 0.6) is 0 Å². The number of hydrogen-bond donors (Lipinski definition) is 3. The van der Waals surface area contributed by atoms with E-state index in [9.17, 15) is 28.4 Å². The van der Waals surface area contributed by atoms with Crippen molar-refractivity contribution in [2.24, 2.45) is 32.1 Å². The highest BCUT2D eigenvalue weighted by atomic mass is 79.9. The SMILES string of the molecule is C#Cc1ccccn1.CC1(C)CCC(=O)NC1.CC1(C)CCc2nc3cc(Br)cnc3c(=O)n2C1.CC1(C)CCc2nc3cc(C#Cc4ccccn4)cnc3c(=O)n2C1.CC1(C)CCc2nc3cc(C#Cc4ccccn4)cnc3c(=O)n2C1.COC1=NCC(C)(C)CC1.Nc1cc(Br)cnc1C(=O)O.[2H]CF. The van der Waals surface area contributed by atoms with Gasteiger partial charge in [0, 0.05) is 128 Å². The predicted octanol–water partition coefficient (Wildman–Crippen LogP) is 13.2. The fraction of sp³-hybridized carbons (Fsp3) is 0.390. The number of alkyl halides is 1. The molecule has 10 aromatic heterocycles. The van der Waals surface area contributed by atoms with Crippen molar-refractivity contribution in [3.63, 3.8) is 0 Å². The van der Waals surface area contributed by atoms with Crippen molar-refractivity contribution in [2.45, 2.75) is 153 Å². The number of aliphatic imine (C=N–C) groups is 1. The molecule has 26 heteroatoms. The third-order valence-electron chi connectivity index (χ3n) is 18.1. The molecule has 562 valence electrons. The Morgan fingerprint density at radius 3 is 1.31 bits per heavy atom. The van der Waals surface area contributed by atoms with Gasteiger partial charge >= 0.3 is 5.97 Å². The summed E-state index contributed by atoms with van der Waals surface area (Å²) in [6, 6.07) is 23.7. The minimum atomic E-state index is -1.12. The Labute approximate surface area is 646 Å². The van der Waals surface area contributed by atoms with Crippen LogP contribution >= 0.6 is 31.9 Å². The Morgan fingerprint density at radius 1 is 0.556 bits per heavy atom. The Kier molecular flexibility index (Phi) is 28.0. The van der Waals surface area contributed by atoms with Gasteiger partial charge in [0.05, 0.1) is 37.9 Å². The van der Waals surface area contributed by atoms with Gasteiger partial charge in [0.2, 0.25) is 5.91 Å². The molecule has 0 radical (unpaired) electrons. The topological polar surface area (TPSA) is 309 Å². The van der Waals surface area contributed by atoms with Gasteiger partial charge in [0.15, 0.2) is 28.1 Å². The van der Waals surface area contributed by atoms with E-state index in [0.29, 0.717) is 85.0 Å². The first kappa shape index (κ1) is 81.3. The molecule has 1 amide bonds. The molecular formula is C82H91Br2FN16O7. The van der Waals surface area contributed by atoms with Gasteiger partial charge in [-0.25, -0.2) is 54.6 Å². The van der Waals surface area contributed by atoms with Crippen LogP contribution in [-0.2, 0) is 48.4 Å². The molecule has 5 aliphatic rings. The molecule has 5 aliphatic heterocycles. The van der Waals surface area contributed by atoms with E-state index in [2.05, 4.69) is 191 Å². The maximum atomic E-state index is 12.8. The van der Waals surface area contributed by atoms with E-state index in [4.69, 9.17) is 23.4 Å². The van der Waals surface area contributed by atoms with Gasteiger partial charge in [0.1, 0.15) is 34.6 Å². The van der Waals surface area contributed by atoms with Crippen LogP contribution in [0.2, 0.25) is 0 Å². The maximum absolute atomic E-state index is 12.8. The summed E-state index contributed by atoms with van der Waals surface area (Å²) in [7, 11) is 0.692. The fourth-order valence-corrected chi connectivity index (χ4v) is 12.4. The second kappa shape index (κ2) is 37.2. The monoisotopic (exact) mass is 1590 g/mol. The van der Waals surface area contributed by atoms with Crippen LogP contribution in [0.1, 0.15) is 172 Å². The lowest BCUT2D eigenvalue weighted by atomic mass is 9.85. The average Bonchev–Trinajstić information content (AvgIpc) is 0.769. The molecule has 0 spiro atoms. The number of carboxylic acid groups (broad SMARTS) is 1. The van der Waals surface area contributed by atoms with Crippen LogP contribution in [0.4, 0.5) is 10.1 Å². The van der Waals surface area contributed by atoms with Crippen LogP contribution in [0, 0.1) is 63.1 Å². The molecule has 0 atom stereocenters. The number of aryl methyl sites for hydroxylation is 3. The number of terminal acetylenes is 1. The summed E-state index contributed by atoms with van der Waals surface area (Å²) in [5, 5.41) is 11.3. The normalized spacial score (nSPS) is 16.1. The van der Waals surface area contributed by atoms with Crippen LogP contribution in [0.25, 0.3) is 33.1 Å². The van der Waals surface area contributed by atoms with Gasteiger partial charge in [0.25, 0.3) is 16.7 Å². The number of rotatable bonds is 1. The number of carbonyl (C=O) groups excluding carboxylic acids is 1. The lowest BCUT2D eigenvalue weighted by Gasteiger charge is -2.31. The Balaban J connectivity index is 0.000000166. The third-order valence-corrected chi connectivity index (χ3v) is 18.9.